The number of amides is 1. The predicted octanol–water partition coefficient (Wildman–Crippen LogP) is 2.35. The van der Waals surface area contributed by atoms with Gasteiger partial charge in [0, 0.05) is 30.8 Å². The Hall–Kier alpha value is -1.76. The summed E-state index contributed by atoms with van der Waals surface area (Å²) in [6.07, 6.45) is 3.10. The molecular formula is C15H20N4O2S. The molecule has 3 heterocycles. The van der Waals surface area contributed by atoms with Crippen LogP contribution in [0, 0.1) is 6.92 Å². The number of hydrogen-bond donors (Lipinski definition) is 0. The third kappa shape index (κ3) is 3.35. The van der Waals surface area contributed by atoms with Crippen molar-refractivity contribution < 1.29 is 9.32 Å². The van der Waals surface area contributed by atoms with E-state index in [9.17, 15) is 4.79 Å². The van der Waals surface area contributed by atoms with Crippen LogP contribution in [0.25, 0.3) is 0 Å². The zero-order valence-corrected chi connectivity index (χ0v) is 13.7. The second-order valence-corrected chi connectivity index (χ2v) is 6.68. The Kier molecular flexibility index (Phi) is 4.52. The summed E-state index contributed by atoms with van der Waals surface area (Å²) < 4.78 is 5.19. The van der Waals surface area contributed by atoms with Crippen LogP contribution in [-0.2, 0) is 17.6 Å². The Morgan fingerprint density at radius 1 is 1.50 bits per heavy atom. The van der Waals surface area contributed by atoms with Gasteiger partial charge in [-0.25, -0.2) is 4.98 Å². The lowest BCUT2D eigenvalue weighted by Gasteiger charge is -2.31. The highest BCUT2D eigenvalue weighted by atomic mass is 32.1. The van der Waals surface area contributed by atoms with Crippen LogP contribution in [0.15, 0.2) is 9.90 Å². The molecule has 1 saturated heterocycles. The van der Waals surface area contributed by atoms with E-state index in [1.54, 1.807) is 11.3 Å². The number of thiazole rings is 1. The van der Waals surface area contributed by atoms with Gasteiger partial charge < -0.3 is 9.42 Å². The molecule has 1 fully saturated rings. The lowest BCUT2D eigenvalue weighted by molar-refractivity contribution is -0.131. The molecule has 0 saturated carbocycles. The van der Waals surface area contributed by atoms with Gasteiger partial charge in [-0.1, -0.05) is 12.1 Å². The van der Waals surface area contributed by atoms with Crippen molar-refractivity contribution in [3.05, 3.63) is 27.8 Å². The molecule has 118 valence electrons. The first-order valence-electron chi connectivity index (χ1n) is 7.67. The highest BCUT2D eigenvalue weighted by Crippen LogP contribution is 2.25. The molecule has 0 N–H and O–H groups in total. The summed E-state index contributed by atoms with van der Waals surface area (Å²) in [5.74, 6) is 1.71. The molecule has 1 unspecified atom stereocenters. The molecule has 0 aliphatic carbocycles. The fourth-order valence-electron chi connectivity index (χ4n) is 2.75. The van der Waals surface area contributed by atoms with Gasteiger partial charge in [0.25, 0.3) is 0 Å². The van der Waals surface area contributed by atoms with E-state index in [0.717, 1.165) is 42.3 Å². The van der Waals surface area contributed by atoms with E-state index in [1.807, 2.05) is 24.1 Å². The first kappa shape index (κ1) is 15.1. The van der Waals surface area contributed by atoms with Gasteiger partial charge in [-0.3, -0.25) is 4.79 Å². The van der Waals surface area contributed by atoms with Crippen molar-refractivity contribution in [3.8, 4) is 0 Å². The minimum absolute atomic E-state index is 0.134. The van der Waals surface area contributed by atoms with Crippen LogP contribution in [-0.4, -0.2) is 39.0 Å². The van der Waals surface area contributed by atoms with E-state index < -0.39 is 0 Å². The lowest BCUT2D eigenvalue weighted by Crippen LogP contribution is -2.40. The number of nitrogens with zero attached hydrogens (tertiary/aromatic N) is 4. The van der Waals surface area contributed by atoms with Gasteiger partial charge in [-0.15, -0.1) is 11.3 Å². The molecular weight excluding hydrogens is 300 g/mol. The Balaban J connectivity index is 1.63. The second-order valence-electron chi connectivity index (χ2n) is 5.61. The quantitative estimate of drug-likeness (QED) is 0.864. The summed E-state index contributed by atoms with van der Waals surface area (Å²) in [5, 5.41) is 7.02. The number of aromatic nitrogens is 3. The summed E-state index contributed by atoms with van der Waals surface area (Å²) in [6, 6.07) is 0. The minimum Gasteiger partial charge on any atom is -0.342 e. The fourth-order valence-corrected chi connectivity index (χ4v) is 3.36. The highest BCUT2D eigenvalue weighted by Gasteiger charge is 2.28. The smallest absolute Gasteiger partial charge is 0.228 e. The zero-order valence-electron chi connectivity index (χ0n) is 12.9. The van der Waals surface area contributed by atoms with Gasteiger partial charge >= 0.3 is 0 Å². The highest BCUT2D eigenvalue weighted by molar-refractivity contribution is 7.09. The van der Waals surface area contributed by atoms with E-state index in [0.29, 0.717) is 18.9 Å². The van der Waals surface area contributed by atoms with E-state index >= 15 is 0 Å². The summed E-state index contributed by atoms with van der Waals surface area (Å²) in [6.45, 7) is 5.42. The Morgan fingerprint density at radius 3 is 3.05 bits per heavy atom. The van der Waals surface area contributed by atoms with E-state index in [1.165, 1.54) is 0 Å². The Morgan fingerprint density at radius 2 is 2.36 bits per heavy atom. The van der Waals surface area contributed by atoms with Gasteiger partial charge in [-0.05, 0) is 19.8 Å². The lowest BCUT2D eigenvalue weighted by atomic mass is 9.97. The fraction of sp³-hybridized carbons (Fsp3) is 0.600. The average Bonchev–Trinajstić information content (AvgIpc) is 3.16. The summed E-state index contributed by atoms with van der Waals surface area (Å²) in [5.41, 5.74) is 0.863. The molecule has 22 heavy (non-hydrogen) atoms. The van der Waals surface area contributed by atoms with Crippen molar-refractivity contribution in [2.24, 2.45) is 0 Å². The van der Waals surface area contributed by atoms with E-state index in [4.69, 9.17) is 4.52 Å². The molecule has 1 atom stereocenters. The largest absolute Gasteiger partial charge is 0.342 e. The molecule has 3 rings (SSSR count). The molecule has 0 radical (unpaired) electrons. The van der Waals surface area contributed by atoms with Gasteiger partial charge in [-0.2, -0.15) is 4.98 Å². The number of likely N-dealkylation sites (tertiary alicyclic amines) is 1. The van der Waals surface area contributed by atoms with Crippen molar-refractivity contribution >= 4 is 17.2 Å². The normalized spacial score (nSPS) is 18.6. The third-order valence-electron chi connectivity index (χ3n) is 3.92. The van der Waals surface area contributed by atoms with Crippen LogP contribution in [0.5, 0.6) is 0 Å². The van der Waals surface area contributed by atoms with Crippen LogP contribution in [0.3, 0.4) is 0 Å². The molecule has 6 nitrogen and oxygen atoms in total. The maximum Gasteiger partial charge on any atom is 0.228 e. The molecule has 1 amide bonds. The average molecular weight is 320 g/mol. The first-order chi connectivity index (χ1) is 10.7. The molecule has 1 aliphatic heterocycles. The molecule has 0 spiro atoms. The number of hydrogen-bond acceptors (Lipinski definition) is 6. The monoisotopic (exact) mass is 320 g/mol. The molecule has 7 heteroatoms. The van der Waals surface area contributed by atoms with Gasteiger partial charge in [0.15, 0.2) is 5.82 Å². The molecule has 1 aliphatic rings. The standard InChI is InChI=1S/C15H20N4O2S/c1-3-13-17-15(18-21-13)11-5-4-6-19(8-11)14(20)7-12-9-22-10(2)16-12/h9,11H,3-8H2,1-2H3. The number of carbonyl (C=O) groups excluding carboxylic acids is 1. The van der Waals surface area contributed by atoms with Crippen LogP contribution >= 0.6 is 11.3 Å². The minimum atomic E-state index is 0.134. The van der Waals surface area contributed by atoms with Crippen molar-refractivity contribution in [3.63, 3.8) is 0 Å². The molecule has 0 aromatic carbocycles. The third-order valence-corrected chi connectivity index (χ3v) is 4.75. The molecule has 2 aromatic heterocycles. The summed E-state index contributed by atoms with van der Waals surface area (Å²) in [4.78, 5) is 23.1. The first-order valence-corrected chi connectivity index (χ1v) is 8.55. The van der Waals surface area contributed by atoms with Crippen LogP contribution in [0.4, 0.5) is 0 Å². The second kappa shape index (κ2) is 6.56. The van der Waals surface area contributed by atoms with Crippen LogP contribution < -0.4 is 0 Å². The van der Waals surface area contributed by atoms with Crippen LogP contribution in [0.2, 0.25) is 0 Å². The van der Waals surface area contributed by atoms with Crippen molar-refractivity contribution in [2.75, 3.05) is 13.1 Å². The number of rotatable bonds is 4. The number of aryl methyl sites for hydroxylation is 2. The van der Waals surface area contributed by atoms with Gasteiger partial charge in [0.05, 0.1) is 17.1 Å². The maximum atomic E-state index is 12.4. The topological polar surface area (TPSA) is 72.1 Å². The summed E-state index contributed by atoms with van der Waals surface area (Å²) in [7, 11) is 0. The van der Waals surface area contributed by atoms with E-state index in [2.05, 4.69) is 15.1 Å². The van der Waals surface area contributed by atoms with Crippen molar-refractivity contribution in [1.29, 1.82) is 0 Å². The molecule has 2 aromatic rings. The van der Waals surface area contributed by atoms with Crippen molar-refractivity contribution in [1.82, 2.24) is 20.0 Å². The van der Waals surface area contributed by atoms with Crippen LogP contribution in [0.1, 0.15) is 48.1 Å². The Bertz CT molecular complexity index is 652. The maximum absolute atomic E-state index is 12.4. The predicted molar refractivity (Wildman–Crippen MR) is 82.8 cm³/mol. The molecule has 0 bridgehead atoms. The van der Waals surface area contributed by atoms with Gasteiger partial charge in [0.2, 0.25) is 11.8 Å². The van der Waals surface area contributed by atoms with Crippen molar-refractivity contribution in [2.45, 2.75) is 45.4 Å². The van der Waals surface area contributed by atoms with E-state index in [-0.39, 0.29) is 11.8 Å². The number of piperidine rings is 1. The zero-order chi connectivity index (χ0) is 15.5. The Labute approximate surface area is 133 Å². The SMILES string of the molecule is CCc1nc(C2CCCN(C(=O)Cc3csc(C)n3)C2)no1. The summed E-state index contributed by atoms with van der Waals surface area (Å²) >= 11 is 1.58. The number of carbonyl (C=O) groups is 1. The van der Waals surface area contributed by atoms with Gasteiger partial charge in [0.1, 0.15) is 0 Å².